The molecule has 2 heterocycles. The summed E-state index contributed by atoms with van der Waals surface area (Å²) >= 11 is 1.74. The molecular formula is C12H17NOS. The molecule has 0 N–H and O–H groups in total. The highest BCUT2D eigenvalue weighted by Gasteiger charge is 2.25. The molecule has 0 bridgehead atoms. The van der Waals surface area contributed by atoms with Crippen molar-refractivity contribution >= 4 is 17.1 Å². The molecule has 0 aliphatic carbocycles. The molecule has 1 fully saturated rings. The van der Waals surface area contributed by atoms with Crippen LogP contribution < -0.4 is 0 Å². The molecule has 0 aromatic carbocycles. The Kier molecular flexibility index (Phi) is 3.54. The van der Waals surface area contributed by atoms with Crippen LogP contribution in [0.25, 0.3) is 0 Å². The molecule has 1 aliphatic rings. The normalized spacial score (nSPS) is 22.1. The second-order valence-corrected chi connectivity index (χ2v) is 5.08. The van der Waals surface area contributed by atoms with Gasteiger partial charge in [0.2, 0.25) is 0 Å². The summed E-state index contributed by atoms with van der Waals surface area (Å²) in [5.41, 5.74) is 1.38. The van der Waals surface area contributed by atoms with Crippen molar-refractivity contribution in [2.45, 2.75) is 38.8 Å². The van der Waals surface area contributed by atoms with E-state index in [0.717, 1.165) is 19.5 Å². The van der Waals surface area contributed by atoms with Gasteiger partial charge in [-0.3, -0.25) is 9.69 Å². The SMILES string of the molecule is CC(=O)CC1CCCN1Cc1ccsc1. The third-order valence-electron chi connectivity index (χ3n) is 2.99. The maximum Gasteiger partial charge on any atom is 0.131 e. The van der Waals surface area contributed by atoms with E-state index in [4.69, 9.17) is 0 Å². The number of nitrogens with zero attached hydrogens (tertiary/aromatic N) is 1. The lowest BCUT2D eigenvalue weighted by Gasteiger charge is -2.22. The molecule has 0 radical (unpaired) electrons. The lowest BCUT2D eigenvalue weighted by Crippen LogP contribution is -2.30. The zero-order valence-electron chi connectivity index (χ0n) is 9.11. The van der Waals surface area contributed by atoms with E-state index < -0.39 is 0 Å². The first-order chi connectivity index (χ1) is 7.25. The van der Waals surface area contributed by atoms with Crippen LogP contribution in [-0.4, -0.2) is 23.3 Å². The van der Waals surface area contributed by atoms with Crippen LogP contribution in [0.1, 0.15) is 31.7 Å². The third kappa shape index (κ3) is 2.89. The lowest BCUT2D eigenvalue weighted by molar-refractivity contribution is -0.118. The van der Waals surface area contributed by atoms with E-state index in [1.54, 1.807) is 18.3 Å². The van der Waals surface area contributed by atoms with Gasteiger partial charge in [-0.1, -0.05) is 0 Å². The lowest BCUT2D eigenvalue weighted by atomic mass is 10.1. The number of carbonyl (C=O) groups is 1. The topological polar surface area (TPSA) is 20.3 Å². The zero-order valence-corrected chi connectivity index (χ0v) is 9.93. The largest absolute Gasteiger partial charge is 0.300 e. The van der Waals surface area contributed by atoms with Crippen LogP contribution in [0.5, 0.6) is 0 Å². The number of likely N-dealkylation sites (tertiary alicyclic amines) is 1. The van der Waals surface area contributed by atoms with Crippen LogP contribution in [0.2, 0.25) is 0 Å². The van der Waals surface area contributed by atoms with Crippen molar-refractivity contribution in [2.24, 2.45) is 0 Å². The summed E-state index contributed by atoms with van der Waals surface area (Å²) in [6, 6.07) is 2.66. The molecule has 0 saturated carbocycles. The zero-order chi connectivity index (χ0) is 10.7. The second-order valence-electron chi connectivity index (χ2n) is 4.30. The maximum atomic E-state index is 11.1. The third-order valence-corrected chi connectivity index (χ3v) is 3.72. The van der Waals surface area contributed by atoms with E-state index in [1.165, 1.54) is 18.4 Å². The Bertz CT molecular complexity index is 320. The maximum absolute atomic E-state index is 11.1. The smallest absolute Gasteiger partial charge is 0.131 e. The van der Waals surface area contributed by atoms with Gasteiger partial charge in [0.05, 0.1) is 0 Å². The van der Waals surface area contributed by atoms with Gasteiger partial charge >= 0.3 is 0 Å². The fourth-order valence-electron chi connectivity index (χ4n) is 2.28. The average molecular weight is 223 g/mol. The minimum Gasteiger partial charge on any atom is -0.300 e. The van der Waals surface area contributed by atoms with Crippen molar-refractivity contribution in [1.29, 1.82) is 0 Å². The van der Waals surface area contributed by atoms with Gasteiger partial charge in [0.1, 0.15) is 5.78 Å². The van der Waals surface area contributed by atoms with Gasteiger partial charge in [-0.25, -0.2) is 0 Å². The summed E-state index contributed by atoms with van der Waals surface area (Å²) in [4.78, 5) is 13.6. The molecule has 1 unspecified atom stereocenters. The van der Waals surface area contributed by atoms with Gasteiger partial charge < -0.3 is 0 Å². The van der Waals surface area contributed by atoms with E-state index in [-0.39, 0.29) is 0 Å². The van der Waals surface area contributed by atoms with Crippen molar-refractivity contribution in [3.63, 3.8) is 0 Å². The van der Waals surface area contributed by atoms with E-state index in [1.807, 2.05) is 0 Å². The molecule has 1 atom stereocenters. The Hall–Kier alpha value is -0.670. The molecule has 82 valence electrons. The van der Waals surface area contributed by atoms with Crippen molar-refractivity contribution < 1.29 is 4.79 Å². The first-order valence-corrected chi connectivity index (χ1v) is 6.44. The molecule has 3 heteroatoms. The molecular weight excluding hydrogens is 206 g/mol. The van der Waals surface area contributed by atoms with E-state index in [0.29, 0.717) is 11.8 Å². The van der Waals surface area contributed by atoms with Crippen LogP contribution in [0.4, 0.5) is 0 Å². The van der Waals surface area contributed by atoms with Crippen LogP contribution in [0.3, 0.4) is 0 Å². The molecule has 1 aromatic heterocycles. The van der Waals surface area contributed by atoms with E-state index in [2.05, 4.69) is 21.7 Å². The molecule has 1 aliphatic heterocycles. The fraction of sp³-hybridized carbons (Fsp3) is 0.583. The number of Topliss-reactive ketones (excluding diaryl/α,β-unsaturated/α-hetero) is 1. The Balaban J connectivity index is 1.93. The van der Waals surface area contributed by atoms with Crippen LogP contribution in [0.15, 0.2) is 16.8 Å². The van der Waals surface area contributed by atoms with E-state index in [9.17, 15) is 4.79 Å². The summed E-state index contributed by atoms with van der Waals surface area (Å²) in [5, 5.41) is 4.31. The molecule has 0 spiro atoms. The summed E-state index contributed by atoms with van der Waals surface area (Å²) in [6.07, 6.45) is 3.15. The van der Waals surface area contributed by atoms with Gasteiger partial charge in [-0.05, 0) is 48.7 Å². The Labute approximate surface area is 94.9 Å². The van der Waals surface area contributed by atoms with Gasteiger partial charge in [-0.2, -0.15) is 11.3 Å². The van der Waals surface area contributed by atoms with Crippen LogP contribution in [-0.2, 0) is 11.3 Å². The van der Waals surface area contributed by atoms with Crippen molar-refractivity contribution in [3.05, 3.63) is 22.4 Å². The van der Waals surface area contributed by atoms with Gasteiger partial charge in [0.25, 0.3) is 0 Å². The molecule has 2 rings (SSSR count). The monoisotopic (exact) mass is 223 g/mol. The van der Waals surface area contributed by atoms with Gasteiger partial charge in [0, 0.05) is 19.0 Å². The molecule has 1 aromatic rings. The summed E-state index contributed by atoms with van der Waals surface area (Å²) in [6.45, 7) is 3.86. The number of ketones is 1. The molecule has 0 amide bonds. The molecule has 2 nitrogen and oxygen atoms in total. The van der Waals surface area contributed by atoms with Crippen molar-refractivity contribution in [3.8, 4) is 0 Å². The van der Waals surface area contributed by atoms with Crippen molar-refractivity contribution in [1.82, 2.24) is 4.90 Å². The second kappa shape index (κ2) is 4.90. The van der Waals surface area contributed by atoms with E-state index >= 15 is 0 Å². The fourth-order valence-corrected chi connectivity index (χ4v) is 2.94. The highest BCUT2D eigenvalue weighted by Crippen LogP contribution is 2.23. The minimum atomic E-state index is 0.317. The summed E-state index contributed by atoms with van der Waals surface area (Å²) in [7, 11) is 0. The van der Waals surface area contributed by atoms with Crippen LogP contribution in [0, 0.1) is 0 Å². The highest BCUT2D eigenvalue weighted by molar-refractivity contribution is 7.07. The first kappa shape index (κ1) is 10.8. The van der Waals surface area contributed by atoms with Crippen LogP contribution >= 0.6 is 11.3 Å². The Morgan fingerprint density at radius 3 is 3.20 bits per heavy atom. The number of rotatable bonds is 4. The molecule has 15 heavy (non-hydrogen) atoms. The standard InChI is InChI=1S/C12H17NOS/c1-10(14)7-12-3-2-5-13(12)8-11-4-6-15-9-11/h4,6,9,12H,2-3,5,7-8H2,1H3. The number of hydrogen-bond acceptors (Lipinski definition) is 3. The summed E-state index contributed by atoms with van der Waals surface area (Å²) in [5.74, 6) is 0.317. The first-order valence-electron chi connectivity index (χ1n) is 5.50. The van der Waals surface area contributed by atoms with Crippen molar-refractivity contribution in [2.75, 3.05) is 6.54 Å². The number of hydrogen-bond donors (Lipinski definition) is 0. The Morgan fingerprint density at radius 1 is 1.67 bits per heavy atom. The van der Waals surface area contributed by atoms with Gasteiger partial charge in [-0.15, -0.1) is 0 Å². The average Bonchev–Trinajstić information content (AvgIpc) is 2.78. The predicted octanol–water partition coefficient (Wildman–Crippen LogP) is 2.69. The quantitative estimate of drug-likeness (QED) is 0.782. The minimum absolute atomic E-state index is 0.317. The summed E-state index contributed by atoms with van der Waals surface area (Å²) < 4.78 is 0. The molecule has 1 saturated heterocycles. The predicted molar refractivity (Wildman–Crippen MR) is 63.0 cm³/mol. The highest BCUT2D eigenvalue weighted by atomic mass is 32.1. The number of carbonyl (C=O) groups excluding carboxylic acids is 1. The Morgan fingerprint density at radius 2 is 2.53 bits per heavy atom. The number of thiophene rings is 1. The van der Waals surface area contributed by atoms with Gasteiger partial charge in [0.15, 0.2) is 0 Å².